The average Bonchev–Trinajstić information content (AvgIpc) is 2.97. The van der Waals surface area contributed by atoms with Gasteiger partial charge in [0.25, 0.3) is 5.91 Å². The van der Waals surface area contributed by atoms with Crippen molar-refractivity contribution < 1.29 is 14.3 Å². The van der Waals surface area contributed by atoms with Crippen LogP contribution < -0.4 is 14.8 Å². The van der Waals surface area contributed by atoms with E-state index in [9.17, 15) is 4.79 Å². The molecule has 6 heteroatoms. The molecule has 1 aliphatic rings. The number of hydrogen-bond donors (Lipinski definition) is 1. The third-order valence-corrected chi connectivity index (χ3v) is 4.69. The quantitative estimate of drug-likeness (QED) is 0.763. The van der Waals surface area contributed by atoms with Gasteiger partial charge in [-0.3, -0.25) is 4.79 Å². The van der Waals surface area contributed by atoms with Crippen molar-refractivity contribution in [2.45, 2.75) is 26.9 Å². The van der Waals surface area contributed by atoms with Crippen LogP contribution in [-0.4, -0.2) is 24.3 Å². The number of amides is 1. The summed E-state index contributed by atoms with van der Waals surface area (Å²) in [5.74, 6) is 1.08. The fourth-order valence-electron chi connectivity index (χ4n) is 2.53. The SMILES string of the molecule is COc1cccc(/C=C2/SC(=Nc3ccc(C)cc3)NC2=O)c1OC(C)C. The van der Waals surface area contributed by atoms with Gasteiger partial charge in [0.15, 0.2) is 16.7 Å². The number of methoxy groups -OCH3 is 1. The molecular formula is C21H22N2O3S. The molecule has 27 heavy (non-hydrogen) atoms. The highest BCUT2D eigenvalue weighted by Gasteiger charge is 2.24. The Kier molecular flexibility index (Phi) is 5.86. The van der Waals surface area contributed by atoms with Crippen molar-refractivity contribution in [3.8, 4) is 11.5 Å². The summed E-state index contributed by atoms with van der Waals surface area (Å²) < 4.78 is 11.3. The lowest BCUT2D eigenvalue weighted by Gasteiger charge is -2.16. The number of thioether (sulfide) groups is 1. The number of aryl methyl sites for hydroxylation is 1. The molecule has 0 bridgehead atoms. The minimum atomic E-state index is -0.177. The molecule has 0 radical (unpaired) electrons. The van der Waals surface area contributed by atoms with E-state index in [1.54, 1.807) is 13.2 Å². The summed E-state index contributed by atoms with van der Waals surface area (Å²) in [5.41, 5.74) is 2.76. The number of hydrogen-bond acceptors (Lipinski definition) is 5. The topological polar surface area (TPSA) is 59.9 Å². The molecule has 0 unspecified atom stereocenters. The van der Waals surface area contributed by atoms with Gasteiger partial charge in [0.1, 0.15) is 0 Å². The highest BCUT2D eigenvalue weighted by atomic mass is 32.2. The summed E-state index contributed by atoms with van der Waals surface area (Å²) in [6.07, 6.45) is 1.79. The number of para-hydroxylation sites is 1. The number of nitrogens with one attached hydrogen (secondary N) is 1. The first-order valence-corrected chi connectivity index (χ1v) is 9.48. The normalized spacial score (nSPS) is 16.9. The van der Waals surface area contributed by atoms with Gasteiger partial charge in [-0.2, -0.15) is 0 Å². The molecule has 140 valence electrons. The minimum Gasteiger partial charge on any atom is -0.493 e. The van der Waals surface area contributed by atoms with Crippen LogP contribution in [0, 0.1) is 6.92 Å². The molecule has 0 atom stereocenters. The molecule has 1 saturated heterocycles. The predicted molar refractivity (Wildman–Crippen MR) is 111 cm³/mol. The first-order chi connectivity index (χ1) is 13.0. The monoisotopic (exact) mass is 382 g/mol. The van der Waals surface area contributed by atoms with Gasteiger partial charge in [-0.25, -0.2) is 4.99 Å². The summed E-state index contributed by atoms with van der Waals surface area (Å²) >= 11 is 1.31. The van der Waals surface area contributed by atoms with Crippen LogP contribution >= 0.6 is 11.8 Å². The van der Waals surface area contributed by atoms with Crippen LogP contribution in [0.15, 0.2) is 52.4 Å². The molecule has 0 saturated carbocycles. The Bertz CT molecular complexity index is 902. The lowest BCUT2D eigenvalue weighted by molar-refractivity contribution is -0.115. The summed E-state index contributed by atoms with van der Waals surface area (Å²) in [6, 6.07) is 13.4. The van der Waals surface area contributed by atoms with Crippen molar-refractivity contribution in [2.24, 2.45) is 4.99 Å². The maximum Gasteiger partial charge on any atom is 0.264 e. The second-order valence-corrected chi connectivity index (χ2v) is 7.39. The summed E-state index contributed by atoms with van der Waals surface area (Å²) in [4.78, 5) is 17.4. The van der Waals surface area contributed by atoms with Crippen molar-refractivity contribution in [3.63, 3.8) is 0 Å². The van der Waals surface area contributed by atoms with E-state index in [0.717, 1.165) is 11.3 Å². The zero-order chi connectivity index (χ0) is 19.4. The standard InChI is InChI=1S/C21H22N2O3S/c1-13(2)26-19-15(6-5-7-17(19)25-4)12-18-20(24)23-21(27-18)22-16-10-8-14(3)9-11-16/h5-13H,1-4H3,(H,22,23,24)/b18-12+. The second kappa shape index (κ2) is 8.31. The van der Waals surface area contributed by atoms with E-state index in [-0.39, 0.29) is 12.0 Å². The largest absolute Gasteiger partial charge is 0.493 e. The van der Waals surface area contributed by atoms with E-state index < -0.39 is 0 Å². The van der Waals surface area contributed by atoms with Gasteiger partial charge in [-0.05, 0) is 56.8 Å². The van der Waals surface area contributed by atoms with Crippen LogP contribution in [0.2, 0.25) is 0 Å². The Morgan fingerprint density at radius 2 is 1.89 bits per heavy atom. The maximum absolute atomic E-state index is 12.4. The number of carbonyl (C=O) groups is 1. The molecule has 1 N–H and O–H groups in total. The van der Waals surface area contributed by atoms with Crippen molar-refractivity contribution in [1.29, 1.82) is 0 Å². The van der Waals surface area contributed by atoms with E-state index in [1.165, 1.54) is 17.3 Å². The van der Waals surface area contributed by atoms with Crippen LogP contribution in [0.25, 0.3) is 6.08 Å². The molecule has 2 aromatic carbocycles. The van der Waals surface area contributed by atoms with Crippen LogP contribution in [-0.2, 0) is 4.79 Å². The van der Waals surface area contributed by atoms with Crippen molar-refractivity contribution >= 4 is 34.6 Å². The van der Waals surface area contributed by atoms with Crippen LogP contribution in [0.3, 0.4) is 0 Å². The molecular weight excluding hydrogens is 360 g/mol. The number of ether oxygens (including phenoxy) is 2. The molecule has 5 nitrogen and oxygen atoms in total. The fraction of sp³-hybridized carbons (Fsp3) is 0.238. The summed E-state index contributed by atoms with van der Waals surface area (Å²) in [5, 5.41) is 3.37. The number of amidine groups is 1. The zero-order valence-electron chi connectivity index (χ0n) is 15.8. The molecule has 0 aromatic heterocycles. The van der Waals surface area contributed by atoms with Gasteiger partial charge in [0.05, 0.1) is 23.8 Å². The van der Waals surface area contributed by atoms with Gasteiger partial charge in [0, 0.05) is 5.56 Å². The van der Waals surface area contributed by atoms with Crippen molar-refractivity contribution in [3.05, 3.63) is 58.5 Å². The molecule has 0 aliphatic carbocycles. The molecule has 3 rings (SSSR count). The molecule has 2 aromatic rings. The molecule has 1 aliphatic heterocycles. The molecule has 1 heterocycles. The number of carbonyl (C=O) groups excluding carboxylic acids is 1. The van der Waals surface area contributed by atoms with Gasteiger partial charge in [-0.15, -0.1) is 0 Å². The molecule has 0 spiro atoms. The number of aliphatic imine (C=N–C) groups is 1. The van der Waals surface area contributed by atoms with Crippen LogP contribution in [0.5, 0.6) is 11.5 Å². The van der Waals surface area contributed by atoms with Gasteiger partial charge < -0.3 is 14.8 Å². The maximum atomic E-state index is 12.4. The third-order valence-electron chi connectivity index (χ3n) is 3.78. The zero-order valence-corrected chi connectivity index (χ0v) is 16.6. The highest BCUT2D eigenvalue weighted by molar-refractivity contribution is 8.18. The van der Waals surface area contributed by atoms with Crippen molar-refractivity contribution in [2.75, 3.05) is 7.11 Å². The van der Waals surface area contributed by atoms with Gasteiger partial charge in [0.2, 0.25) is 0 Å². The lowest BCUT2D eigenvalue weighted by Crippen LogP contribution is -2.19. The Hall–Kier alpha value is -2.73. The summed E-state index contributed by atoms with van der Waals surface area (Å²) in [6.45, 7) is 5.92. The second-order valence-electron chi connectivity index (χ2n) is 6.36. The minimum absolute atomic E-state index is 0.0119. The smallest absolute Gasteiger partial charge is 0.264 e. The first-order valence-electron chi connectivity index (χ1n) is 8.66. The number of nitrogens with zero attached hydrogens (tertiary/aromatic N) is 1. The van der Waals surface area contributed by atoms with Gasteiger partial charge >= 0.3 is 0 Å². The third kappa shape index (κ3) is 4.71. The summed E-state index contributed by atoms with van der Waals surface area (Å²) in [7, 11) is 1.60. The lowest BCUT2D eigenvalue weighted by atomic mass is 10.1. The van der Waals surface area contributed by atoms with E-state index in [0.29, 0.717) is 21.6 Å². The Balaban J connectivity index is 1.89. The highest BCUT2D eigenvalue weighted by Crippen LogP contribution is 2.36. The van der Waals surface area contributed by atoms with E-state index in [4.69, 9.17) is 9.47 Å². The Morgan fingerprint density at radius 3 is 2.56 bits per heavy atom. The fourth-order valence-corrected chi connectivity index (χ4v) is 3.36. The Morgan fingerprint density at radius 1 is 1.15 bits per heavy atom. The van der Waals surface area contributed by atoms with Crippen LogP contribution in [0.4, 0.5) is 5.69 Å². The molecule has 1 fully saturated rings. The van der Waals surface area contributed by atoms with E-state index in [1.807, 2.05) is 63.2 Å². The molecule has 1 amide bonds. The number of benzene rings is 2. The van der Waals surface area contributed by atoms with Crippen molar-refractivity contribution in [1.82, 2.24) is 5.32 Å². The van der Waals surface area contributed by atoms with E-state index >= 15 is 0 Å². The Labute approximate surface area is 163 Å². The first kappa shape index (κ1) is 19.0. The van der Waals surface area contributed by atoms with Gasteiger partial charge in [-0.1, -0.05) is 29.8 Å². The van der Waals surface area contributed by atoms with E-state index in [2.05, 4.69) is 10.3 Å². The van der Waals surface area contributed by atoms with Crippen LogP contribution in [0.1, 0.15) is 25.0 Å². The average molecular weight is 382 g/mol. The predicted octanol–water partition coefficient (Wildman–Crippen LogP) is 4.68. The number of rotatable bonds is 5.